The monoisotopic (exact) mass is 755 g/mol. The van der Waals surface area contributed by atoms with Gasteiger partial charge in [0.2, 0.25) is 0 Å². The van der Waals surface area contributed by atoms with Crippen LogP contribution >= 0.6 is 0 Å². The molecule has 2 nitrogen and oxygen atoms in total. The van der Waals surface area contributed by atoms with Crippen molar-refractivity contribution in [1.29, 1.82) is 0 Å². The second-order valence-corrected chi connectivity index (χ2v) is 17.9. The van der Waals surface area contributed by atoms with E-state index in [4.69, 9.17) is 11.5 Å². The van der Waals surface area contributed by atoms with Crippen molar-refractivity contribution >= 4 is 11.4 Å². The maximum atomic E-state index is 6.25. The van der Waals surface area contributed by atoms with E-state index in [9.17, 15) is 0 Å². The van der Waals surface area contributed by atoms with Crippen LogP contribution < -0.4 is 11.5 Å². The Morgan fingerprint density at radius 2 is 0.875 bits per heavy atom. The molecule has 4 N–H and O–H groups in total. The van der Waals surface area contributed by atoms with E-state index in [1.165, 1.54) is 179 Å². The second kappa shape index (κ2) is 22.4. The summed E-state index contributed by atoms with van der Waals surface area (Å²) in [5.41, 5.74) is 25.5. The predicted octanol–water partition coefficient (Wildman–Crippen LogP) is 15.9. The Morgan fingerprint density at radius 1 is 0.500 bits per heavy atom. The smallest absolute Gasteiger partial charge is 0.0316 e. The molecular weight excluding hydrogens is 677 g/mol. The molecule has 304 valence electrons. The minimum atomic E-state index is -0.0340. The summed E-state index contributed by atoms with van der Waals surface area (Å²) in [5.74, 6) is 1.43. The quantitative estimate of drug-likeness (QED) is 0.0585. The second-order valence-electron chi connectivity index (χ2n) is 17.9. The van der Waals surface area contributed by atoms with Crippen LogP contribution in [0.4, 0.5) is 11.4 Å². The lowest BCUT2D eigenvalue weighted by molar-refractivity contribution is 0.254. The fourth-order valence-corrected chi connectivity index (χ4v) is 10.2. The highest BCUT2D eigenvalue weighted by Crippen LogP contribution is 2.47. The van der Waals surface area contributed by atoms with E-state index >= 15 is 0 Å². The number of anilines is 2. The van der Waals surface area contributed by atoms with E-state index in [0.29, 0.717) is 17.8 Å². The Morgan fingerprint density at radius 3 is 1.25 bits per heavy atom. The average Bonchev–Trinajstić information content (AvgIpc) is 3.21. The standard InChI is InChI=1S/C54H78N2/c1-6-8-10-12-14-16-21-25-52(50-37-35-48(55)39-41(50)3)43-27-31-46(32-28-43)54(5,45-23-19-18-20-24-45)47-33-29-44(30-34-47)53(26-22-17-15-13-11-9-7-2)51-38-36-49(56)40-42(51)4/h27-40,45,52-53H,6-26,55-56H2,1-5H3. The van der Waals surface area contributed by atoms with Crippen LogP contribution in [0.15, 0.2) is 84.9 Å². The van der Waals surface area contributed by atoms with Crippen LogP contribution in [0.3, 0.4) is 0 Å². The summed E-state index contributed by atoms with van der Waals surface area (Å²) < 4.78 is 0. The Balaban J connectivity index is 1.41. The maximum Gasteiger partial charge on any atom is 0.0316 e. The highest BCUT2D eigenvalue weighted by Gasteiger charge is 2.38. The zero-order chi connectivity index (χ0) is 39.8. The third kappa shape index (κ3) is 11.8. The largest absolute Gasteiger partial charge is 0.399 e. The molecule has 4 aromatic carbocycles. The van der Waals surface area contributed by atoms with Crippen molar-refractivity contribution in [1.82, 2.24) is 0 Å². The average molecular weight is 755 g/mol. The Bertz CT molecular complexity index is 1590. The molecule has 2 unspecified atom stereocenters. The number of unbranched alkanes of at least 4 members (excludes halogenated alkanes) is 12. The number of aryl methyl sites for hydroxylation is 2. The van der Waals surface area contributed by atoms with E-state index in [0.717, 1.165) is 11.4 Å². The topological polar surface area (TPSA) is 52.0 Å². The third-order valence-corrected chi connectivity index (χ3v) is 13.8. The SMILES string of the molecule is CCCCCCCCCC(c1ccc(C(C)(c2ccc(C(CCCCCCCCC)c3ccc(N)cc3C)cc2)C2CCCCC2)cc1)c1ccc(N)cc1C. The van der Waals surface area contributed by atoms with Gasteiger partial charge in [-0.05, 0) is 114 Å². The lowest BCUT2D eigenvalue weighted by atomic mass is 9.62. The first-order valence-electron chi connectivity index (χ1n) is 23.2. The van der Waals surface area contributed by atoms with E-state index in [-0.39, 0.29) is 5.41 Å². The van der Waals surface area contributed by atoms with Crippen molar-refractivity contribution in [3.05, 3.63) is 129 Å². The fraction of sp³-hybridized carbons (Fsp3) is 0.556. The molecule has 0 amide bonds. The van der Waals surface area contributed by atoms with Gasteiger partial charge in [0.25, 0.3) is 0 Å². The molecule has 0 saturated heterocycles. The molecule has 0 spiro atoms. The van der Waals surface area contributed by atoms with E-state index in [1.54, 1.807) is 0 Å². The molecule has 2 atom stereocenters. The number of benzene rings is 4. The van der Waals surface area contributed by atoms with Crippen molar-refractivity contribution in [3.63, 3.8) is 0 Å². The number of hydrogen-bond acceptors (Lipinski definition) is 2. The van der Waals surface area contributed by atoms with Crippen LogP contribution in [-0.4, -0.2) is 0 Å². The molecule has 56 heavy (non-hydrogen) atoms. The van der Waals surface area contributed by atoms with Crippen LogP contribution in [0.5, 0.6) is 0 Å². The highest BCUT2D eigenvalue weighted by atomic mass is 14.5. The van der Waals surface area contributed by atoms with Gasteiger partial charge in [0.05, 0.1) is 0 Å². The van der Waals surface area contributed by atoms with Gasteiger partial charge in [-0.1, -0.05) is 191 Å². The molecular formula is C54H78N2. The van der Waals surface area contributed by atoms with Gasteiger partial charge in [-0.3, -0.25) is 0 Å². The van der Waals surface area contributed by atoms with Crippen molar-refractivity contribution < 1.29 is 0 Å². The molecule has 1 aliphatic carbocycles. The Kier molecular flexibility index (Phi) is 17.5. The molecule has 0 aromatic heterocycles. The van der Waals surface area contributed by atoms with Gasteiger partial charge in [0, 0.05) is 28.6 Å². The van der Waals surface area contributed by atoms with Gasteiger partial charge < -0.3 is 11.5 Å². The Labute approximate surface area is 343 Å². The van der Waals surface area contributed by atoms with Crippen LogP contribution in [0.25, 0.3) is 0 Å². The van der Waals surface area contributed by atoms with Crippen LogP contribution in [0.2, 0.25) is 0 Å². The first-order chi connectivity index (χ1) is 27.3. The molecule has 0 aliphatic heterocycles. The van der Waals surface area contributed by atoms with Gasteiger partial charge in [0.1, 0.15) is 0 Å². The summed E-state index contributed by atoms with van der Waals surface area (Å²) in [5, 5.41) is 0. The van der Waals surface area contributed by atoms with Gasteiger partial charge >= 0.3 is 0 Å². The van der Waals surface area contributed by atoms with Crippen molar-refractivity contribution in [3.8, 4) is 0 Å². The van der Waals surface area contributed by atoms with Crippen molar-refractivity contribution in [2.75, 3.05) is 11.5 Å². The number of nitrogens with two attached hydrogens (primary N) is 2. The predicted molar refractivity (Wildman–Crippen MR) is 246 cm³/mol. The first kappa shape index (κ1) is 43.6. The van der Waals surface area contributed by atoms with Gasteiger partial charge in [0.15, 0.2) is 0 Å². The van der Waals surface area contributed by atoms with E-state index in [1.807, 2.05) is 0 Å². The van der Waals surface area contributed by atoms with Crippen molar-refractivity contribution in [2.24, 2.45) is 5.92 Å². The van der Waals surface area contributed by atoms with Gasteiger partial charge in [-0.15, -0.1) is 0 Å². The van der Waals surface area contributed by atoms with Crippen molar-refractivity contribution in [2.45, 2.75) is 187 Å². The molecule has 4 aromatic rings. The lowest BCUT2D eigenvalue weighted by Gasteiger charge is -2.41. The normalized spacial score (nSPS) is 15.7. The molecule has 1 aliphatic rings. The minimum Gasteiger partial charge on any atom is -0.399 e. The van der Waals surface area contributed by atoms with E-state index in [2.05, 4.69) is 120 Å². The summed E-state index contributed by atoms with van der Waals surface area (Å²) in [4.78, 5) is 0. The minimum absolute atomic E-state index is 0.0340. The van der Waals surface area contributed by atoms with Gasteiger partial charge in [-0.25, -0.2) is 0 Å². The van der Waals surface area contributed by atoms with Gasteiger partial charge in [-0.2, -0.15) is 0 Å². The molecule has 2 heteroatoms. The summed E-state index contributed by atoms with van der Waals surface area (Å²) >= 11 is 0. The van der Waals surface area contributed by atoms with Crippen LogP contribution in [0, 0.1) is 19.8 Å². The zero-order valence-electron chi connectivity index (χ0n) is 36.3. The zero-order valence-corrected chi connectivity index (χ0v) is 36.3. The molecule has 0 radical (unpaired) electrons. The molecule has 0 bridgehead atoms. The maximum absolute atomic E-state index is 6.25. The Hall–Kier alpha value is -3.52. The highest BCUT2D eigenvalue weighted by molar-refractivity contribution is 5.51. The number of rotatable bonds is 23. The lowest BCUT2D eigenvalue weighted by Crippen LogP contribution is -2.35. The van der Waals surface area contributed by atoms with Crippen LogP contribution in [0.1, 0.15) is 212 Å². The van der Waals surface area contributed by atoms with E-state index < -0.39 is 0 Å². The molecule has 1 saturated carbocycles. The third-order valence-electron chi connectivity index (χ3n) is 13.8. The molecule has 0 heterocycles. The fourth-order valence-electron chi connectivity index (χ4n) is 10.2. The number of hydrogen-bond donors (Lipinski definition) is 2. The summed E-state index contributed by atoms with van der Waals surface area (Å²) in [6.45, 7) is 11.7. The summed E-state index contributed by atoms with van der Waals surface area (Å²) in [7, 11) is 0. The number of nitrogen functional groups attached to an aromatic ring is 2. The summed E-state index contributed by atoms with van der Waals surface area (Å²) in [6, 6.07) is 33.1. The summed E-state index contributed by atoms with van der Waals surface area (Å²) in [6.07, 6.45) is 27.8. The van der Waals surface area contributed by atoms with Crippen LogP contribution in [-0.2, 0) is 5.41 Å². The molecule has 1 fully saturated rings. The first-order valence-corrected chi connectivity index (χ1v) is 23.2. The molecule has 5 rings (SSSR count).